The summed E-state index contributed by atoms with van der Waals surface area (Å²) in [6.45, 7) is 0. The van der Waals surface area contributed by atoms with Crippen LogP contribution in [0.1, 0.15) is 28.8 Å². The second kappa shape index (κ2) is 14.8. The number of aromatic nitrogens is 3. The normalized spacial score (nSPS) is 12.5. The SMILES string of the molecule is N#Cc1c(-n2c3c(c4ccccc42)CCC=C3)c(-c2ccc3sc4ccccc4c3c2)c(-n2c3ccccc3c3ccccc32)c(C#N)c1-n1c2ccccc2c2cc(-c3ccccc3)ccc21. The lowest BCUT2D eigenvalue weighted by atomic mass is 9.90. The Kier molecular flexibility index (Phi) is 8.34. The number of rotatable bonds is 5. The molecule has 0 N–H and O–H groups in total. The van der Waals surface area contributed by atoms with Gasteiger partial charge in [-0.05, 0) is 95.8 Å². The summed E-state index contributed by atoms with van der Waals surface area (Å²) >= 11 is 1.78. The number of fused-ring (bicyclic) bond motifs is 12. The van der Waals surface area contributed by atoms with Crippen molar-refractivity contribution in [1.82, 2.24) is 13.7 Å². The highest BCUT2D eigenvalue weighted by atomic mass is 32.1. The standard InChI is InChI=1S/C62H37N5S/c63-36-49-60(65-55-28-14-8-22-45(55)47-34-39(30-32-56(47)65)38-16-2-1-3-17-38)50(37-64)62(67-53-26-12-6-20-43(53)44-21-7-13-27-54(44)67)59(40-31-33-58-48(35-40)46-23-9-15-29-57(46)68-58)61(49)66-51-24-10-4-18-41(51)42-19-5-11-25-52(42)66/h1-6,8-20,22-35H,7,21H2. The van der Waals surface area contributed by atoms with E-state index in [1.807, 2.05) is 6.07 Å². The number of para-hydroxylation sites is 4. The molecule has 0 aliphatic heterocycles. The number of nitrogens with zero attached hydrogens (tertiary/aromatic N) is 5. The first-order chi connectivity index (χ1) is 33.7. The van der Waals surface area contributed by atoms with Crippen LogP contribution in [0.3, 0.4) is 0 Å². The first kappa shape index (κ1) is 38.3. The molecule has 68 heavy (non-hydrogen) atoms. The van der Waals surface area contributed by atoms with Crippen molar-refractivity contribution in [2.45, 2.75) is 12.8 Å². The van der Waals surface area contributed by atoms with E-state index in [1.165, 1.54) is 20.3 Å². The average Bonchev–Trinajstić information content (AvgIpc) is 4.14. The van der Waals surface area contributed by atoms with Gasteiger partial charge >= 0.3 is 0 Å². The highest BCUT2D eigenvalue weighted by Crippen LogP contribution is 2.50. The maximum absolute atomic E-state index is 12.2. The van der Waals surface area contributed by atoms with Gasteiger partial charge < -0.3 is 13.7 Å². The smallest absolute Gasteiger partial charge is 0.104 e. The molecule has 0 atom stereocenters. The Hall–Kier alpha value is -8.94. The summed E-state index contributed by atoms with van der Waals surface area (Å²) in [4.78, 5) is 0. The molecule has 0 radical (unpaired) electrons. The van der Waals surface area contributed by atoms with E-state index in [9.17, 15) is 10.5 Å². The molecule has 0 amide bonds. The number of allylic oxidation sites excluding steroid dienone is 1. The highest BCUT2D eigenvalue weighted by molar-refractivity contribution is 7.25. The molecule has 6 heteroatoms. The maximum Gasteiger partial charge on any atom is 0.104 e. The third-order valence-corrected chi connectivity index (χ3v) is 15.3. The van der Waals surface area contributed by atoms with Gasteiger partial charge in [-0.3, -0.25) is 0 Å². The Bertz CT molecular complexity index is 4350. The number of aryl methyl sites for hydroxylation is 1. The second-order valence-electron chi connectivity index (χ2n) is 17.7. The van der Waals surface area contributed by atoms with Crippen molar-refractivity contribution >= 4 is 92.1 Å². The highest BCUT2D eigenvalue weighted by Gasteiger charge is 2.34. The zero-order valence-corrected chi connectivity index (χ0v) is 37.4. The molecule has 4 aromatic heterocycles. The quantitative estimate of drug-likeness (QED) is 0.173. The van der Waals surface area contributed by atoms with E-state index in [0.717, 1.165) is 112 Å². The lowest BCUT2D eigenvalue weighted by molar-refractivity contribution is 0.963. The lowest BCUT2D eigenvalue weighted by Gasteiger charge is -2.27. The summed E-state index contributed by atoms with van der Waals surface area (Å²) in [5, 5.41) is 32.2. The van der Waals surface area contributed by atoms with Gasteiger partial charge in [0.05, 0.1) is 44.6 Å². The first-order valence-corrected chi connectivity index (χ1v) is 23.8. The van der Waals surface area contributed by atoms with E-state index >= 15 is 0 Å². The van der Waals surface area contributed by atoms with Crippen LogP contribution in [-0.2, 0) is 6.42 Å². The summed E-state index contributed by atoms with van der Waals surface area (Å²) in [6.07, 6.45) is 6.30. The predicted octanol–water partition coefficient (Wildman–Crippen LogP) is 16.2. The maximum atomic E-state index is 12.2. The van der Waals surface area contributed by atoms with Crippen molar-refractivity contribution in [3.8, 4) is 51.5 Å². The van der Waals surface area contributed by atoms with Crippen molar-refractivity contribution < 1.29 is 0 Å². The zero-order chi connectivity index (χ0) is 45.0. The van der Waals surface area contributed by atoms with E-state index in [4.69, 9.17) is 0 Å². The van der Waals surface area contributed by atoms with Crippen LogP contribution in [-0.4, -0.2) is 13.7 Å². The Morgan fingerprint density at radius 3 is 1.57 bits per heavy atom. The molecule has 0 spiro atoms. The fourth-order valence-electron chi connectivity index (χ4n) is 11.4. The number of benzene rings is 9. The fraction of sp³-hybridized carbons (Fsp3) is 0.0323. The third kappa shape index (κ3) is 5.35. The van der Waals surface area contributed by atoms with Crippen molar-refractivity contribution in [2.75, 3.05) is 0 Å². The molecule has 14 rings (SSSR count). The van der Waals surface area contributed by atoms with E-state index in [2.05, 4.69) is 220 Å². The van der Waals surface area contributed by atoms with Gasteiger partial charge in [-0.15, -0.1) is 11.3 Å². The van der Waals surface area contributed by atoms with Crippen LogP contribution >= 0.6 is 11.3 Å². The predicted molar refractivity (Wildman–Crippen MR) is 282 cm³/mol. The molecular weight excluding hydrogens is 847 g/mol. The molecule has 0 bridgehead atoms. The van der Waals surface area contributed by atoms with Gasteiger partial charge in [0.1, 0.15) is 23.3 Å². The Morgan fingerprint density at radius 2 is 0.897 bits per heavy atom. The molecule has 316 valence electrons. The molecule has 0 saturated carbocycles. The molecule has 4 heterocycles. The lowest BCUT2D eigenvalue weighted by Crippen LogP contribution is -2.14. The van der Waals surface area contributed by atoms with E-state index in [1.54, 1.807) is 11.3 Å². The average molecular weight is 884 g/mol. The van der Waals surface area contributed by atoms with Crippen molar-refractivity contribution in [1.29, 1.82) is 10.5 Å². The van der Waals surface area contributed by atoms with Crippen molar-refractivity contribution in [2.24, 2.45) is 0 Å². The van der Waals surface area contributed by atoms with E-state index < -0.39 is 0 Å². The second-order valence-corrected chi connectivity index (χ2v) is 18.8. The van der Waals surface area contributed by atoms with Crippen LogP contribution in [0.25, 0.3) is 120 Å². The van der Waals surface area contributed by atoms with E-state index in [0.29, 0.717) is 16.8 Å². The van der Waals surface area contributed by atoms with Gasteiger partial charge in [0, 0.05) is 58.4 Å². The summed E-state index contributed by atoms with van der Waals surface area (Å²) in [5.41, 5.74) is 13.9. The monoisotopic (exact) mass is 883 g/mol. The number of nitriles is 2. The summed E-state index contributed by atoms with van der Waals surface area (Å²) in [5.74, 6) is 0. The van der Waals surface area contributed by atoms with Gasteiger partial charge in [0.15, 0.2) is 0 Å². The minimum absolute atomic E-state index is 0.415. The number of thiophene rings is 1. The van der Waals surface area contributed by atoms with Crippen LogP contribution in [0.2, 0.25) is 0 Å². The zero-order valence-electron chi connectivity index (χ0n) is 36.6. The summed E-state index contributed by atoms with van der Waals surface area (Å²) in [7, 11) is 0. The van der Waals surface area contributed by atoms with Crippen LogP contribution < -0.4 is 0 Å². The molecule has 0 saturated heterocycles. The van der Waals surface area contributed by atoms with Gasteiger partial charge in [0.25, 0.3) is 0 Å². The Morgan fingerprint density at radius 1 is 0.397 bits per heavy atom. The molecule has 0 unspecified atom stereocenters. The minimum atomic E-state index is 0.415. The molecule has 9 aromatic carbocycles. The van der Waals surface area contributed by atoms with Crippen LogP contribution in [0.15, 0.2) is 194 Å². The Labute approximate surface area is 395 Å². The van der Waals surface area contributed by atoms with Crippen molar-refractivity contribution in [3.63, 3.8) is 0 Å². The third-order valence-electron chi connectivity index (χ3n) is 14.2. The Balaban J connectivity index is 1.25. The van der Waals surface area contributed by atoms with Gasteiger partial charge in [-0.2, -0.15) is 10.5 Å². The summed E-state index contributed by atoms with van der Waals surface area (Å²) in [6, 6.07) is 72.1. The van der Waals surface area contributed by atoms with Crippen LogP contribution in [0.5, 0.6) is 0 Å². The molecule has 1 aliphatic carbocycles. The number of hydrogen-bond donors (Lipinski definition) is 0. The molecular formula is C62H37N5S. The van der Waals surface area contributed by atoms with Gasteiger partial charge in [-0.1, -0.05) is 140 Å². The minimum Gasteiger partial charge on any atom is -0.307 e. The van der Waals surface area contributed by atoms with E-state index in [-0.39, 0.29) is 0 Å². The molecule has 1 aliphatic rings. The molecule has 0 fully saturated rings. The van der Waals surface area contributed by atoms with Crippen LogP contribution in [0.4, 0.5) is 0 Å². The molecule has 5 nitrogen and oxygen atoms in total. The van der Waals surface area contributed by atoms with Crippen molar-refractivity contribution in [3.05, 3.63) is 217 Å². The van der Waals surface area contributed by atoms with Gasteiger partial charge in [0.2, 0.25) is 0 Å². The largest absolute Gasteiger partial charge is 0.307 e. The first-order valence-electron chi connectivity index (χ1n) is 23.0. The summed E-state index contributed by atoms with van der Waals surface area (Å²) < 4.78 is 9.24. The molecule has 13 aromatic rings. The number of hydrogen-bond acceptors (Lipinski definition) is 3. The topological polar surface area (TPSA) is 62.4 Å². The fourth-order valence-corrected chi connectivity index (χ4v) is 12.5. The van der Waals surface area contributed by atoms with Crippen LogP contribution in [0, 0.1) is 22.7 Å². The van der Waals surface area contributed by atoms with Gasteiger partial charge in [-0.25, -0.2) is 0 Å².